The predicted molar refractivity (Wildman–Crippen MR) is 137 cm³/mol. The van der Waals surface area contributed by atoms with E-state index >= 15 is 0 Å². The van der Waals surface area contributed by atoms with Crippen molar-refractivity contribution in [3.63, 3.8) is 0 Å². The number of thiazole rings is 1. The fourth-order valence-electron chi connectivity index (χ4n) is 4.32. The van der Waals surface area contributed by atoms with Crippen molar-refractivity contribution in [1.29, 1.82) is 0 Å². The van der Waals surface area contributed by atoms with E-state index < -0.39 is 12.0 Å². The molecule has 0 fully saturated rings. The quantitative estimate of drug-likeness (QED) is 0.393. The number of carbonyl (C=O) groups excluding carboxylic acids is 1. The number of para-hydroxylation sites is 1. The van der Waals surface area contributed by atoms with E-state index in [2.05, 4.69) is 10.1 Å². The van der Waals surface area contributed by atoms with Gasteiger partial charge in [0.05, 0.1) is 28.6 Å². The summed E-state index contributed by atoms with van der Waals surface area (Å²) in [5.74, 6) is 0.867. The molecular weight excluding hydrogens is 476 g/mol. The van der Waals surface area contributed by atoms with Crippen molar-refractivity contribution in [3.8, 4) is 11.5 Å². The number of carbonyl (C=O) groups is 1. The fraction of sp³-hybridized carbons (Fsp3) is 0.185. The number of nitrogens with zero attached hydrogens (tertiary/aromatic N) is 4. The first-order chi connectivity index (χ1) is 17.4. The molecule has 1 aliphatic rings. The molecular formula is C27H24N4O4S. The average Bonchev–Trinajstić information content (AvgIpc) is 3.35. The first-order valence-corrected chi connectivity index (χ1v) is 12.1. The van der Waals surface area contributed by atoms with Crippen LogP contribution in [0.15, 0.2) is 81.9 Å². The van der Waals surface area contributed by atoms with Gasteiger partial charge in [-0.05, 0) is 49.8 Å². The lowest BCUT2D eigenvalue weighted by atomic mass is 9.96. The van der Waals surface area contributed by atoms with Gasteiger partial charge in [-0.15, -0.1) is 0 Å². The van der Waals surface area contributed by atoms with Gasteiger partial charge in [-0.1, -0.05) is 41.7 Å². The van der Waals surface area contributed by atoms with Crippen LogP contribution in [0.3, 0.4) is 0 Å². The second-order valence-corrected chi connectivity index (χ2v) is 9.41. The van der Waals surface area contributed by atoms with Crippen LogP contribution in [-0.4, -0.2) is 27.4 Å². The van der Waals surface area contributed by atoms with Crippen LogP contribution >= 0.6 is 11.3 Å². The number of esters is 1. The standard InChI is InChI=1S/C27H24N4O4S/c1-16-21(15-30(3)29-16)24-23(26(33)34-4)17(2)28-27-31(24)25(32)22(36-27)14-18-9-8-12-20(13-18)35-19-10-6-5-7-11-19/h5-15,24H,1-4H3/b22-14+/t24-/m1/s1. The van der Waals surface area contributed by atoms with Crippen molar-refractivity contribution in [3.05, 3.63) is 109 Å². The Morgan fingerprint density at radius 1 is 1.08 bits per heavy atom. The van der Waals surface area contributed by atoms with Gasteiger partial charge < -0.3 is 9.47 Å². The Hall–Kier alpha value is -4.24. The molecule has 0 amide bonds. The Balaban J connectivity index is 1.63. The third-order valence-electron chi connectivity index (χ3n) is 5.91. The normalized spacial score (nSPS) is 15.4. The van der Waals surface area contributed by atoms with Crippen LogP contribution in [0, 0.1) is 6.92 Å². The van der Waals surface area contributed by atoms with E-state index in [1.54, 1.807) is 23.2 Å². The zero-order chi connectivity index (χ0) is 25.4. The number of fused-ring (bicyclic) bond motifs is 1. The van der Waals surface area contributed by atoms with Crippen LogP contribution < -0.4 is 19.6 Å². The molecule has 4 aromatic rings. The SMILES string of the molecule is COC(=O)C1=C(C)N=c2s/c(=C/c3cccc(Oc4ccccc4)c3)c(=O)n2[C@@H]1c1cn(C)nc1C. The molecule has 0 N–H and O–H groups in total. The maximum Gasteiger partial charge on any atom is 0.338 e. The lowest BCUT2D eigenvalue weighted by Crippen LogP contribution is -2.40. The minimum absolute atomic E-state index is 0.240. The summed E-state index contributed by atoms with van der Waals surface area (Å²) in [6.07, 6.45) is 3.63. The topological polar surface area (TPSA) is 87.7 Å². The number of aryl methyl sites for hydroxylation is 2. The summed E-state index contributed by atoms with van der Waals surface area (Å²) < 4.78 is 14.7. The van der Waals surface area contributed by atoms with E-state index in [4.69, 9.17) is 9.47 Å². The number of rotatable bonds is 5. The largest absolute Gasteiger partial charge is 0.466 e. The van der Waals surface area contributed by atoms with Crippen molar-refractivity contribution in [2.24, 2.45) is 12.0 Å². The monoisotopic (exact) mass is 500 g/mol. The fourth-order valence-corrected chi connectivity index (χ4v) is 5.36. The Morgan fingerprint density at radius 3 is 2.53 bits per heavy atom. The zero-order valence-electron chi connectivity index (χ0n) is 20.3. The van der Waals surface area contributed by atoms with Crippen LogP contribution in [0.5, 0.6) is 11.5 Å². The number of aromatic nitrogens is 3. The molecule has 0 saturated carbocycles. The zero-order valence-corrected chi connectivity index (χ0v) is 21.1. The van der Waals surface area contributed by atoms with Gasteiger partial charge in [-0.3, -0.25) is 14.0 Å². The van der Waals surface area contributed by atoms with E-state index in [0.29, 0.717) is 26.4 Å². The summed E-state index contributed by atoms with van der Waals surface area (Å²) in [7, 11) is 3.13. The molecule has 0 spiro atoms. The average molecular weight is 501 g/mol. The van der Waals surface area contributed by atoms with Gasteiger partial charge in [0.15, 0.2) is 4.80 Å². The van der Waals surface area contributed by atoms with Gasteiger partial charge in [-0.25, -0.2) is 9.79 Å². The maximum atomic E-state index is 13.7. The highest BCUT2D eigenvalue weighted by atomic mass is 32.1. The van der Waals surface area contributed by atoms with Crippen molar-refractivity contribution >= 4 is 23.4 Å². The second-order valence-electron chi connectivity index (χ2n) is 8.40. The molecule has 1 aliphatic heterocycles. The third-order valence-corrected chi connectivity index (χ3v) is 6.89. The number of ether oxygens (including phenoxy) is 2. The molecule has 2 aromatic carbocycles. The van der Waals surface area contributed by atoms with Crippen LogP contribution in [0.25, 0.3) is 6.08 Å². The van der Waals surface area contributed by atoms with Crippen LogP contribution in [0.2, 0.25) is 0 Å². The second kappa shape index (κ2) is 9.43. The number of methoxy groups -OCH3 is 1. The van der Waals surface area contributed by atoms with Crippen LogP contribution in [0.4, 0.5) is 0 Å². The van der Waals surface area contributed by atoms with Crippen molar-refractivity contribution in [2.75, 3.05) is 7.11 Å². The number of allylic oxidation sites excluding steroid dienone is 1. The first-order valence-electron chi connectivity index (χ1n) is 11.3. The molecule has 0 bridgehead atoms. The highest BCUT2D eigenvalue weighted by molar-refractivity contribution is 7.07. The Morgan fingerprint density at radius 2 is 1.83 bits per heavy atom. The lowest BCUT2D eigenvalue weighted by molar-refractivity contribution is -0.136. The summed E-state index contributed by atoms with van der Waals surface area (Å²) >= 11 is 1.28. The molecule has 0 unspecified atom stereocenters. The lowest BCUT2D eigenvalue weighted by Gasteiger charge is -2.23. The minimum atomic E-state index is -0.683. The van der Waals surface area contributed by atoms with Crippen molar-refractivity contribution in [2.45, 2.75) is 19.9 Å². The van der Waals surface area contributed by atoms with E-state index in [-0.39, 0.29) is 5.56 Å². The summed E-state index contributed by atoms with van der Waals surface area (Å²) in [6, 6.07) is 16.3. The van der Waals surface area contributed by atoms with Crippen LogP contribution in [-0.2, 0) is 16.6 Å². The van der Waals surface area contributed by atoms with Gasteiger partial charge in [0.1, 0.15) is 17.5 Å². The molecule has 1 atom stereocenters. The molecule has 182 valence electrons. The molecule has 0 saturated heterocycles. The molecule has 9 heteroatoms. The van der Waals surface area contributed by atoms with Gasteiger partial charge >= 0.3 is 5.97 Å². The number of hydrogen-bond donors (Lipinski definition) is 0. The Bertz CT molecular complexity index is 1680. The molecule has 5 rings (SSSR count). The molecule has 2 aromatic heterocycles. The molecule has 3 heterocycles. The van der Waals surface area contributed by atoms with Gasteiger partial charge in [-0.2, -0.15) is 5.10 Å². The first kappa shape index (κ1) is 23.5. The maximum absolute atomic E-state index is 13.7. The molecule has 36 heavy (non-hydrogen) atoms. The van der Waals surface area contributed by atoms with Crippen LogP contribution in [0.1, 0.15) is 29.8 Å². The van der Waals surface area contributed by atoms with E-state index in [1.807, 2.05) is 73.8 Å². The van der Waals surface area contributed by atoms with Crippen molar-refractivity contribution in [1.82, 2.24) is 14.3 Å². The van der Waals surface area contributed by atoms with Gasteiger partial charge in [0, 0.05) is 18.8 Å². The Kier molecular flexibility index (Phi) is 6.15. The summed E-state index contributed by atoms with van der Waals surface area (Å²) in [6.45, 7) is 3.61. The van der Waals surface area contributed by atoms with E-state index in [0.717, 1.165) is 22.6 Å². The van der Waals surface area contributed by atoms with Gasteiger partial charge in [0.2, 0.25) is 0 Å². The smallest absolute Gasteiger partial charge is 0.338 e. The number of hydrogen-bond acceptors (Lipinski definition) is 7. The van der Waals surface area contributed by atoms with E-state index in [1.165, 1.54) is 18.4 Å². The van der Waals surface area contributed by atoms with Gasteiger partial charge in [0.25, 0.3) is 5.56 Å². The van der Waals surface area contributed by atoms with E-state index in [9.17, 15) is 9.59 Å². The molecule has 8 nitrogen and oxygen atoms in total. The number of benzene rings is 2. The molecule has 0 radical (unpaired) electrons. The highest BCUT2D eigenvalue weighted by Crippen LogP contribution is 2.32. The van der Waals surface area contributed by atoms with Crippen molar-refractivity contribution < 1.29 is 14.3 Å². The summed E-state index contributed by atoms with van der Waals surface area (Å²) in [5, 5.41) is 4.43. The predicted octanol–water partition coefficient (Wildman–Crippen LogP) is 3.24. The Labute approximate surface area is 211 Å². The summed E-state index contributed by atoms with van der Waals surface area (Å²) in [4.78, 5) is 31.6. The summed E-state index contributed by atoms with van der Waals surface area (Å²) in [5.41, 5.74) is 2.88. The third kappa shape index (κ3) is 4.29. The highest BCUT2D eigenvalue weighted by Gasteiger charge is 2.34. The molecule has 0 aliphatic carbocycles. The minimum Gasteiger partial charge on any atom is -0.466 e.